The molecule has 5 heteroatoms. The molecule has 2 unspecified atom stereocenters. The van der Waals surface area contributed by atoms with Gasteiger partial charge in [0, 0.05) is 13.0 Å². The van der Waals surface area contributed by atoms with E-state index in [9.17, 15) is 4.79 Å². The van der Waals surface area contributed by atoms with Gasteiger partial charge in [-0.2, -0.15) is 0 Å². The summed E-state index contributed by atoms with van der Waals surface area (Å²) in [7, 11) is -0.0825. The maximum Gasteiger partial charge on any atom is 0.305 e. The van der Waals surface area contributed by atoms with Gasteiger partial charge in [0.25, 0.3) is 0 Å². The molecule has 0 saturated heterocycles. The number of ether oxygens (including phenoxy) is 1. The van der Waals surface area contributed by atoms with E-state index in [1.165, 1.54) is 19.3 Å². The number of carbonyl (C=O) groups is 1. The zero-order chi connectivity index (χ0) is 7.40. The Kier molecular flexibility index (Phi) is 2.66. The predicted octanol–water partition coefficient (Wildman–Crippen LogP) is 0.945. The van der Waals surface area contributed by atoms with Crippen molar-refractivity contribution in [3.8, 4) is 0 Å². The predicted molar refractivity (Wildman–Crippen MR) is 35.2 cm³/mol. The van der Waals surface area contributed by atoms with Crippen molar-refractivity contribution >= 4 is 15.0 Å². The molecule has 0 fully saturated rings. The fourth-order valence-electron chi connectivity index (χ4n) is 0.473. The van der Waals surface area contributed by atoms with Crippen LogP contribution in [0, 0.1) is 0 Å². The smallest absolute Gasteiger partial charge is 0.305 e. The van der Waals surface area contributed by atoms with Crippen molar-refractivity contribution in [1.82, 2.24) is 0 Å². The Morgan fingerprint density at radius 3 is 3.10 bits per heavy atom. The van der Waals surface area contributed by atoms with Crippen LogP contribution >= 0.6 is 9.03 Å². The molecule has 1 rings (SSSR count). The third-order valence-corrected chi connectivity index (χ3v) is 1.36. The first-order valence-electron chi connectivity index (χ1n) is 2.69. The number of hydrogen-bond donors (Lipinski definition) is 0. The minimum absolute atomic E-state index is 0.0825. The molecule has 0 saturated carbocycles. The fourth-order valence-corrected chi connectivity index (χ4v) is 0.884. The van der Waals surface area contributed by atoms with Gasteiger partial charge in [-0.15, -0.1) is 0 Å². The Bertz CT molecular complexity index is 156. The Hall–Kier alpha value is -0.600. The average Bonchev–Trinajstić information content (AvgIpc) is 1.88. The van der Waals surface area contributed by atoms with Crippen LogP contribution in [0.3, 0.4) is 0 Å². The molecular weight excluding hydrogens is 155 g/mol. The molecule has 0 radical (unpaired) electrons. The van der Waals surface area contributed by atoms with E-state index in [0.717, 1.165) is 0 Å². The first-order chi connectivity index (χ1) is 4.79. The molecular formula is C5H7O4P. The number of rotatable bonds is 1. The van der Waals surface area contributed by atoms with Crippen LogP contribution in [0.15, 0.2) is 12.3 Å². The minimum atomic E-state index is -0.565. The van der Waals surface area contributed by atoms with E-state index in [1.54, 1.807) is 0 Å². The van der Waals surface area contributed by atoms with Crippen LogP contribution in [0.4, 0.5) is 0 Å². The molecule has 56 valence electrons. The summed E-state index contributed by atoms with van der Waals surface area (Å²) in [4.78, 5) is 10.3. The van der Waals surface area contributed by atoms with Gasteiger partial charge in [0.2, 0.25) is 15.3 Å². The second-order valence-corrected chi connectivity index (χ2v) is 2.26. The first-order valence-corrected chi connectivity index (χ1v) is 3.51. The Labute approximate surface area is 60.1 Å². The van der Waals surface area contributed by atoms with Crippen LogP contribution in [-0.2, 0) is 18.6 Å². The van der Waals surface area contributed by atoms with Crippen LogP contribution in [0.25, 0.3) is 0 Å². The fraction of sp³-hybridized carbons (Fsp3) is 0.400. The minimum Gasteiger partial charge on any atom is -0.457 e. The van der Waals surface area contributed by atoms with E-state index in [4.69, 9.17) is 9.05 Å². The standard InChI is InChI=1S/C5H7O4P/c1-4(6)8-5-2-3-7-10-9-5/h2-3,5,10H,1H3. The SMILES string of the molecule is CC(=O)OC1C=COPO1. The van der Waals surface area contributed by atoms with Crippen LogP contribution in [0.2, 0.25) is 0 Å². The van der Waals surface area contributed by atoms with Crippen molar-refractivity contribution in [2.45, 2.75) is 13.2 Å². The van der Waals surface area contributed by atoms with Crippen molar-refractivity contribution < 1.29 is 18.6 Å². The summed E-state index contributed by atoms with van der Waals surface area (Å²) < 4.78 is 14.2. The van der Waals surface area contributed by atoms with Gasteiger partial charge in [-0.25, -0.2) is 0 Å². The lowest BCUT2D eigenvalue weighted by Gasteiger charge is -2.15. The van der Waals surface area contributed by atoms with E-state index in [0.29, 0.717) is 0 Å². The summed E-state index contributed by atoms with van der Waals surface area (Å²) >= 11 is 0. The van der Waals surface area contributed by atoms with E-state index >= 15 is 0 Å². The van der Waals surface area contributed by atoms with Gasteiger partial charge in [-0.1, -0.05) is 0 Å². The molecule has 0 bridgehead atoms. The van der Waals surface area contributed by atoms with Gasteiger partial charge < -0.3 is 9.26 Å². The summed E-state index contributed by atoms with van der Waals surface area (Å²) in [6, 6.07) is 0. The lowest BCUT2D eigenvalue weighted by molar-refractivity contribution is -0.155. The molecule has 10 heavy (non-hydrogen) atoms. The van der Waals surface area contributed by atoms with E-state index in [1.807, 2.05) is 0 Å². The first kappa shape index (κ1) is 7.51. The van der Waals surface area contributed by atoms with Gasteiger partial charge in [0.1, 0.15) is 0 Å². The van der Waals surface area contributed by atoms with Crippen LogP contribution < -0.4 is 0 Å². The largest absolute Gasteiger partial charge is 0.457 e. The van der Waals surface area contributed by atoms with Crippen molar-refractivity contribution in [1.29, 1.82) is 0 Å². The van der Waals surface area contributed by atoms with E-state index in [-0.39, 0.29) is 15.0 Å². The van der Waals surface area contributed by atoms with Gasteiger partial charge in [-0.3, -0.25) is 9.32 Å². The summed E-state index contributed by atoms with van der Waals surface area (Å²) in [6.07, 6.45) is 2.41. The monoisotopic (exact) mass is 162 g/mol. The lowest BCUT2D eigenvalue weighted by atomic mass is 10.6. The summed E-state index contributed by atoms with van der Waals surface area (Å²) in [6.45, 7) is 1.33. The molecule has 0 aromatic heterocycles. The highest BCUT2D eigenvalue weighted by molar-refractivity contribution is 7.26. The van der Waals surface area contributed by atoms with Crippen molar-refractivity contribution in [3.05, 3.63) is 12.3 Å². The van der Waals surface area contributed by atoms with Crippen LogP contribution in [0.1, 0.15) is 6.92 Å². The maximum absolute atomic E-state index is 10.3. The molecule has 1 aliphatic rings. The van der Waals surface area contributed by atoms with Crippen LogP contribution in [0.5, 0.6) is 0 Å². The van der Waals surface area contributed by atoms with E-state index < -0.39 is 6.29 Å². The Morgan fingerprint density at radius 2 is 2.60 bits per heavy atom. The zero-order valence-corrected chi connectivity index (χ0v) is 6.37. The topological polar surface area (TPSA) is 44.8 Å². The van der Waals surface area contributed by atoms with Crippen LogP contribution in [-0.4, -0.2) is 12.3 Å². The Balaban J connectivity index is 2.33. The number of esters is 1. The lowest BCUT2D eigenvalue weighted by Crippen LogP contribution is -2.15. The molecule has 1 aliphatic heterocycles. The second kappa shape index (κ2) is 3.54. The van der Waals surface area contributed by atoms with E-state index in [2.05, 4.69) is 4.74 Å². The van der Waals surface area contributed by atoms with Crippen molar-refractivity contribution in [2.75, 3.05) is 0 Å². The number of hydrogen-bond acceptors (Lipinski definition) is 4. The molecule has 0 N–H and O–H groups in total. The summed E-state index contributed by atoms with van der Waals surface area (Å²) in [5.41, 5.74) is 0. The molecule has 0 spiro atoms. The molecule has 2 atom stereocenters. The molecule has 0 aliphatic carbocycles. The zero-order valence-electron chi connectivity index (χ0n) is 5.37. The normalized spacial score (nSPS) is 25.9. The second-order valence-electron chi connectivity index (χ2n) is 1.63. The van der Waals surface area contributed by atoms with Gasteiger partial charge >= 0.3 is 5.97 Å². The average molecular weight is 162 g/mol. The van der Waals surface area contributed by atoms with Gasteiger partial charge in [0.05, 0.1) is 6.26 Å². The molecule has 0 amide bonds. The highest BCUT2D eigenvalue weighted by Crippen LogP contribution is 2.23. The summed E-state index contributed by atoms with van der Waals surface area (Å²) in [5, 5.41) is 0. The third kappa shape index (κ3) is 2.33. The van der Waals surface area contributed by atoms with Gasteiger partial charge in [0.15, 0.2) is 0 Å². The van der Waals surface area contributed by atoms with Gasteiger partial charge in [-0.05, 0) is 0 Å². The maximum atomic E-state index is 10.3. The highest BCUT2D eigenvalue weighted by atomic mass is 31.1. The molecule has 0 aromatic rings. The molecule has 1 heterocycles. The van der Waals surface area contributed by atoms with Crippen molar-refractivity contribution in [3.63, 3.8) is 0 Å². The molecule has 0 aromatic carbocycles. The third-order valence-electron chi connectivity index (χ3n) is 0.798. The van der Waals surface area contributed by atoms with Crippen molar-refractivity contribution in [2.24, 2.45) is 0 Å². The highest BCUT2D eigenvalue weighted by Gasteiger charge is 2.11. The molecule has 4 nitrogen and oxygen atoms in total. The quantitative estimate of drug-likeness (QED) is 0.425. The number of carbonyl (C=O) groups excluding carboxylic acids is 1. The Morgan fingerprint density at radius 1 is 1.80 bits per heavy atom. The summed E-state index contributed by atoms with van der Waals surface area (Å²) in [5.74, 6) is -0.360.